The Kier molecular flexibility index (Phi) is 6.65. The van der Waals surface area contributed by atoms with E-state index in [0.717, 1.165) is 31.2 Å². The quantitative estimate of drug-likeness (QED) is 0.418. The molecule has 3 fully saturated rings. The molecule has 2 saturated carbocycles. The molecule has 1 aromatic rings. The Morgan fingerprint density at radius 3 is 2.68 bits per heavy atom. The Hall–Kier alpha value is -1.93. The van der Waals surface area contributed by atoms with Crippen LogP contribution in [-0.2, 0) is 15.0 Å². The third-order valence-corrected chi connectivity index (χ3v) is 10.1. The van der Waals surface area contributed by atoms with Crippen molar-refractivity contribution in [2.24, 2.45) is 17.8 Å². The zero-order valence-electron chi connectivity index (χ0n) is 21.4. The second-order valence-electron chi connectivity index (χ2n) is 12.1. The number of carbonyl (C=O) groups is 2. The lowest BCUT2D eigenvalue weighted by Gasteiger charge is -2.43. The van der Waals surface area contributed by atoms with Gasteiger partial charge in [0, 0.05) is 34.6 Å². The Morgan fingerprint density at radius 2 is 1.97 bits per heavy atom. The molecule has 0 bridgehead atoms. The molecule has 2 aliphatic heterocycles. The number of benzene rings is 1. The minimum Gasteiger partial charge on any atom is -0.390 e. The summed E-state index contributed by atoms with van der Waals surface area (Å²) >= 11 is 12.6. The van der Waals surface area contributed by atoms with Crippen LogP contribution in [0.4, 0.5) is 10.1 Å². The Labute approximate surface area is 232 Å². The van der Waals surface area contributed by atoms with Crippen molar-refractivity contribution in [2.75, 3.05) is 5.32 Å². The summed E-state index contributed by atoms with van der Waals surface area (Å²) < 4.78 is 15.9. The van der Waals surface area contributed by atoms with E-state index >= 15 is 4.39 Å². The van der Waals surface area contributed by atoms with E-state index in [2.05, 4.69) is 16.0 Å². The van der Waals surface area contributed by atoms with Crippen LogP contribution in [0, 0.1) is 17.8 Å². The molecular weight excluding hydrogens is 528 g/mol. The zero-order chi connectivity index (χ0) is 26.8. The second-order valence-corrected chi connectivity index (χ2v) is 13.0. The van der Waals surface area contributed by atoms with Crippen molar-refractivity contribution >= 4 is 40.7 Å². The molecule has 2 heterocycles. The number of hydrogen-bond acceptors (Lipinski definition) is 4. The fourth-order valence-corrected chi connectivity index (χ4v) is 8.29. The smallest absolute Gasteiger partial charge is 0.237 e. The molecule has 5 aliphatic rings. The van der Waals surface area contributed by atoms with Gasteiger partial charge < -0.3 is 21.1 Å². The molecule has 2 unspecified atom stereocenters. The highest BCUT2D eigenvalue weighted by Gasteiger charge is 2.67. The Balaban J connectivity index is 1.46. The van der Waals surface area contributed by atoms with Crippen LogP contribution in [0.15, 0.2) is 41.5 Å². The van der Waals surface area contributed by atoms with E-state index in [4.69, 9.17) is 23.2 Å². The average molecular weight is 563 g/mol. The van der Waals surface area contributed by atoms with Gasteiger partial charge in [-0.25, -0.2) is 4.39 Å². The van der Waals surface area contributed by atoms with Crippen LogP contribution in [0.5, 0.6) is 0 Å². The van der Waals surface area contributed by atoms with Crippen LogP contribution in [0.25, 0.3) is 0 Å². The minimum absolute atomic E-state index is 0.0656. The van der Waals surface area contributed by atoms with Crippen molar-refractivity contribution in [1.29, 1.82) is 0 Å². The van der Waals surface area contributed by atoms with Gasteiger partial charge in [0.25, 0.3) is 0 Å². The van der Waals surface area contributed by atoms with Gasteiger partial charge in [-0.1, -0.05) is 67.1 Å². The molecule has 6 nitrogen and oxygen atoms in total. The van der Waals surface area contributed by atoms with Gasteiger partial charge in [-0.2, -0.15) is 0 Å². The molecule has 0 radical (unpaired) electrons. The second kappa shape index (κ2) is 9.61. The molecule has 3 aliphatic carbocycles. The van der Waals surface area contributed by atoms with E-state index in [-0.39, 0.29) is 28.9 Å². The topological polar surface area (TPSA) is 90.5 Å². The number of anilines is 1. The fourth-order valence-electron chi connectivity index (χ4n) is 7.90. The van der Waals surface area contributed by atoms with Crippen LogP contribution >= 0.6 is 23.2 Å². The number of hydrogen-bond donors (Lipinski definition) is 4. The predicted octanol–water partition coefficient (Wildman–Crippen LogP) is 4.74. The first kappa shape index (κ1) is 26.3. The largest absolute Gasteiger partial charge is 0.390 e. The summed E-state index contributed by atoms with van der Waals surface area (Å²) in [4.78, 5) is 28.1. The maximum atomic E-state index is 15.9. The van der Waals surface area contributed by atoms with Gasteiger partial charge in [0.05, 0.1) is 22.1 Å². The van der Waals surface area contributed by atoms with E-state index in [0.29, 0.717) is 35.9 Å². The number of alkyl halides is 1. The summed E-state index contributed by atoms with van der Waals surface area (Å²) in [7, 11) is 0. The number of allylic oxidation sites excluding steroid dienone is 4. The number of carbonyl (C=O) groups excluding carboxylic acids is 2. The van der Waals surface area contributed by atoms with Gasteiger partial charge in [0.2, 0.25) is 11.8 Å². The lowest BCUT2D eigenvalue weighted by molar-refractivity contribution is -0.129. The molecule has 2 amide bonds. The van der Waals surface area contributed by atoms with Crippen LogP contribution in [0.2, 0.25) is 5.02 Å². The summed E-state index contributed by atoms with van der Waals surface area (Å²) in [6.07, 6.45) is 9.53. The van der Waals surface area contributed by atoms with Gasteiger partial charge in [-0.05, 0) is 55.9 Å². The van der Waals surface area contributed by atoms with Gasteiger partial charge in [-0.3, -0.25) is 9.59 Å². The number of nitrogens with one attached hydrogen (secondary N) is 3. The van der Waals surface area contributed by atoms with E-state index < -0.39 is 35.1 Å². The van der Waals surface area contributed by atoms with Gasteiger partial charge >= 0.3 is 0 Å². The summed E-state index contributed by atoms with van der Waals surface area (Å²) in [5.74, 6) is -1.61. The fraction of sp³-hybridized carbons (Fsp3) is 0.586. The number of aliphatic hydroxyl groups is 1. The van der Waals surface area contributed by atoms with Crippen molar-refractivity contribution in [3.63, 3.8) is 0 Å². The summed E-state index contributed by atoms with van der Waals surface area (Å²) in [5.41, 5.74) is -0.618. The van der Waals surface area contributed by atoms with Crippen molar-refractivity contribution in [3.05, 3.63) is 52.0 Å². The van der Waals surface area contributed by atoms with E-state index in [1.807, 2.05) is 6.07 Å². The van der Waals surface area contributed by atoms with Crippen LogP contribution in [0.1, 0.15) is 57.4 Å². The van der Waals surface area contributed by atoms with E-state index in [1.165, 1.54) is 6.08 Å². The number of fused-ring (bicyclic) bond motifs is 2. The van der Waals surface area contributed by atoms with Crippen molar-refractivity contribution < 1.29 is 19.1 Å². The number of halogens is 3. The van der Waals surface area contributed by atoms with Crippen LogP contribution in [-0.4, -0.2) is 46.8 Å². The first-order chi connectivity index (χ1) is 18.1. The first-order valence-electron chi connectivity index (χ1n) is 13.7. The van der Waals surface area contributed by atoms with Crippen molar-refractivity contribution in [3.8, 4) is 0 Å². The van der Waals surface area contributed by atoms with Gasteiger partial charge in [0.1, 0.15) is 6.17 Å². The standard InChI is InChI=1S/C29H34Cl2FN3O3/c1-28(38)13-17(14-28)33-26(36)25-23(18-7-4-8-20(31)24(18)32)29(22(35-25)11-15-5-2-3-6-15)19-10-9-16(30)12-21(19)34-27(29)37/h4,7-10,12,15,17-18,22-25,35,38H,2-3,5-6,11,13-14H2,1H3,(H,33,36)(H,34,37)/t17-,18?,22-,23-,24?,25+,28+,29+/m0/s1. The molecule has 6 rings (SSSR count). The molecular formula is C29H34Cl2FN3O3. The summed E-state index contributed by atoms with van der Waals surface area (Å²) in [6, 6.07) is 3.98. The molecule has 38 heavy (non-hydrogen) atoms. The van der Waals surface area contributed by atoms with Gasteiger partial charge in [-0.15, -0.1) is 0 Å². The molecule has 1 aromatic carbocycles. The average Bonchev–Trinajstić information content (AvgIpc) is 3.53. The lowest BCUT2D eigenvalue weighted by Crippen LogP contribution is -2.58. The first-order valence-corrected chi connectivity index (χ1v) is 14.4. The van der Waals surface area contributed by atoms with E-state index in [1.54, 1.807) is 31.2 Å². The number of amides is 2. The molecule has 4 N–H and O–H groups in total. The lowest BCUT2D eigenvalue weighted by atomic mass is 9.60. The highest BCUT2D eigenvalue weighted by molar-refractivity contribution is 6.31. The van der Waals surface area contributed by atoms with Crippen LogP contribution in [0.3, 0.4) is 0 Å². The Morgan fingerprint density at radius 1 is 1.24 bits per heavy atom. The van der Waals surface area contributed by atoms with Crippen LogP contribution < -0.4 is 16.0 Å². The third kappa shape index (κ3) is 4.21. The molecule has 9 heteroatoms. The maximum Gasteiger partial charge on any atom is 0.237 e. The zero-order valence-corrected chi connectivity index (χ0v) is 22.9. The Bertz CT molecular complexity index is 1210. The molecule has 6 atom stereocenters. The minimum atomic E-state index is -1.54. The van der Waals surface area contributed by atoms with E-state index in [9.17, 15) is 14.7 Å². The SMILES string of the molecule is C[C@]1(O)C[C@@H](NC(=O)[C@@H]2N[C@@H](CC3CCCC3)[C@@]3(C(=O)Nc4cc(Cl)ccc43)[C@H]2C2C=CC=C(Cl)C2F)C1. The predicted molar refractivity (Wildman–Crippen MR) is 146 cm³/mol. The maximum absolute atomic E-state index is 15.9. The molecule has 204 valence electrons. The molecule has 1 saturated heterocycles. The third-order valence-electron chi connectivity index (χ3n) is 9.52. The van der Waals surface area contributed by atoms with Crippen molar-refractivity contribution in [1.82, 2.24) is 10.6 Å². The summed E-state index contributed by atoms with van der Waals surface area (Å²) in [5, 5.41) is 20.4. The van der Waals surface area contributed by atoms with Gasteiger partial charge in [0.15, 0.2) is 0 Å². The monoisotopic (exact) mass is 561 g/mol. The normalized spacial score (nSPS) is 40.1. The highest BCUT2D eigenvalue weighted by atomic mass is 35.5. The summed E-state index contributed by atoms with van der Waals surface area (Å²) in [6.45, 7) is 1.75. The number of rotatable bonds is 5. The van der Waals surface area contributed by atoms with Crippen molar-refractivity contribution in [2.45, 2.75) is 87.2 Å². The molecule has 1 spiro atoms. The highest BCUT2D eigenvalue weighted by Crippen LogP contribution is 2.57. The molecule has 0 aromatic heterocycles.